The molecule has 1 fully saturated rings. The van der Waals surface area contributed by atoms with Crippen LogP contribution in [0.2, 0.25) is 0 Å². The van der Waals surface area contributed by atoms with Crippen LogP contribution in [0.4, 0.5) is 0 Å². The Morgan fingerprint density at radius 2 is 1.12 bits per heavy atom. The summed E-state index contributed by atoms with van der Waals surface area (Å²) >= 11 is 0. The number of rotatable bonds is 3. The molecule has 2 nitrogen and oxygen atoms in total. The van der Waals surface area contributed by atoms with Crippen molar-refractivity contribution in [3.8, 4) is 0 Å². The maximum absolute atomic E-state index is 2.66. The minimum Gasteiger partial charge on any atom is -0.301 e. The lowest BCUT2D eigenvalue weighted by Gasteiger charge is -2.46. The van der Waals surface area contributed by atoms with Gasteiger partial charge in [-0.1, -0.05) is 88.4 Å². The Morgan fingerprint density at radius 1 is 0.692 bits per heavy atom. The lowest BCUT2D eigenvalue weighted by atomic mass is 9.94. The summed E-state index contributed by atoms with van der Waals surface area (Å²) in [5.74, 6) is 0. The van der Waals surface area contributed by atoms with Crippen LogP contribution in [0.3, 0.4) is 0 Å². The molecular formula is C24H38N2. The normalized spacial score (nSPS) is 20.6. The van der Waals surface area contributed by atoms with E-state index in [0.717, 1.165) is 13.1 Å². The van der Waals surface area contributed by atoms with Gasteiger partial charge < -0.3 is 4.90 Å². The molecule has 0 spiro atoms. The van der Waals surface area contributed by atoms with Crippen molar-refractivity contribution in [1.82, 2.24) is 9.80 Å². The Morgan fingerprint density at radius 3 is 1.54 bits per heavy atom. The summed E-state index contributed by atoms with van der Waals surface area (Å²) < 4.78 is 0. The van der Waals surface area contributed by atoms with Gasteiger partial charge in [0, 0.05) is 25.2 Å². The first-order valence-corrected chi connectivity index (χ1v) is 10.2. The molecule has 0 saturated carbocycles. The molecule has 2 aromatic carbocycles. The molecule has 2 aromatic rings. The van der Waals surface area contributed by atoms with Gasteiger partial charge in [-0.05, 0) is 32.0 Å². The zero-order valence-electron chi connectivity index (χ0n) is 17.8. The maximum Gasteiger partial charge on any atom is 0.0605 e. The summed E-state index contributed by atoms with van der Waals surface area (Å²) in [6, 6.07) is 23.3. The Balaban J connectivity index is 0.000000791. The van der Waals surface area contributed by atoms with Crippen LogP contribution in [-0.2, 0) is 0 Å². The van der Waals surface area contributed by atoms with Crippen LogP contribution in [0.25, 0.3) is 0 Å². The molecule has 1 heterocycles. The molecule has 3 rings (SSSR count). The fraction of sp³-hybridized carbons (Fsp3) is 0.500. The molecule has 0 radical (unpaired) electrons. The minimum absolute atomic E-state index is 0.341. The van der Waals surface area contributed by atoms with E-state index in [2.05, 4.69) is 91.4 Å². The largest absolute Gasteiger partial charge is 0.301 e. The molecule has 0 aliphatic carbocycles. The van der Waals surface area contributed by atoms with E-state index in [1.807, 2.05) is 27.7 Å². The first-order valence-electron chi connectivity index (χ1n) is 10.2. The van der Waals surface area contributed by atoms with E-state index in [0.29, 0.717) is 18.1 Å². The predicted molar refractivity (Wildman–Crippen MR) is 116 cm³/mol. The molecule has 1 aliphatic heterocycles. The van der Waals surface area contributed by atoms with Crippen molar-refractivity contribution in [2.45, 2.75) is 59.7 Å². The summed E-state index contributed by atoms with van der Waals surface area (Å²) in [5.41, 5.74) is 2.77. The van der Waals surface area contributed by atoms with Gasteiger partial charge in [0.1, 0.15) is 0 Å². The minimum atomic E-state index is 0.341. The number of piperazine rings is 1. The quantitative estimate of drug-likeness (QED) is 0.682. The molecule has 26 heavy (non-hydrogen) atoms. The highest BCUT2D eigenvalue weighted by Gasteiger charge is 2.33. The van der Waals surface area contributed by atoms with Gasteiger partial charge in [0.15, 0.2) is 0 Å². The Labute approximate surface area is 161 Å². The second-order valence-corrected chi connectivity index (χ2v) is 6.56. The highest BCUT2D eigenvalue weighted by molar-refractivity contribution is 5.32. The van der Waals surface area contributed by atoms with Crippen LogP contribution < -0.4 is 0 Å². The predicted octanol–water partition coefficient (Wildman–Crippen LogP) is 5.85. The van der Waals surface area contributed by atoms with Gasteiger partial charge in [0.05, 0.1) is 6.04 Å². The van der Waals surface area contributed by atoms with Gasteiger partial charge in [0.25, 0.3) is 0 Å². The monoisotopic (exact) mass is 354 g/mol. The van der Waals surface area contributed by atoms with Gasteiger partial charge in [-0.2, -0.15) is 0 Å². The van der Waals surface area contributed by atoms with Crippen LogP contribution in [0.1, 0.15) is 58.7 Å². The Kier molecular flexibility index (Phi) is 10.2. The third kappa shape index (κ3) is 5.69. The van der Waals surface area contributed by atoms with Crippen molar-refractivity contribution in [3.63, 3.8) is 0 Å². The molecule has 2 heteroatoms. The van der Waals surface area contributed by atoms with E-state index >= 15 is 0 Å². The van der Waals surface area contributed by atoms with Crippen LogP contribution in [0, 0.1) is 0 Å². The molecule has 1 aliphatic rings. The third-order valence-electron chi connectivity index (χ3n) is 4.91. The average Bonchev–Trinajstić information content (AvgIpc) is 2.71. The molecule has 0 unspecified atom stereocenters. The number of nitrogens with zero attached hydrogens (tertiary/aromatic N) is 2. The topological polar surface area (TPSA) is 6.48 Å². The summed E-state index contributed by atoms with van der Waals surface area (Å²) in [6.45, 7) is 14.9. The van der Waals surface area contributed by atoms with Crippen molar-refractivity contribution in [2.75, 3.05) is 20.1 Å². The third-order valence-corrected chi connectivity index (χ3v) is 4.91. The highest BCUT2D eigenvalue weighted by Crippen LogP contribution is 2.32. The molecule has 0 amide bonds. The first-order chi connectivity index (χ1) is 12.7. The second-order valence-electron chi connectivity index (χ2n) is 6.56. The van der Waals surface area contributed by atoms with Crippen LogP contribution in [0.5, 0.6) is 0 Å². The molecule has 2 atom stereocenters. The molecule has 0 bridgehead atoms. The SMILES string of the molecule is CC.CC.C[C@@H]1CN(C(c2ccccc2)c2ccccc2)[C@@H](C)CN1C. The van der Waals surface area contributed by atoms with Gasteiger partial charge in [-0.25, -0.2) is 0 Å². The van der Waals surface area contributed by atoms with Crippen LogP contribution in [-0.4, -0.2) is 42.0 Å². The van der Waals surface area contributed by atoms with Crippen molar-refractivity contribution >= 4 is 0 Å². The fourth-order valence-electron chi connectivity index (χ4n) is 3.53. The summed E-state index contributed by atoms with van der Waals surface area (Å²) in [7, 11) is 2.23. The van der Waals surface area contributed by atoms with E-state index in [1.165, 1.54) is 11.1 Å². The number of likely N-dealkylation sites (N-methyl/N-ethyl adjacent to an activating group) is 1. The van der Waals surface area contributed by atoms with E-state index in [9.17, 15) is 0 Å². The fourth-order valence-corrected chi connectivity index (χ4v) is 3.53. The number of benzene rings is 2. The van der Waals surface area contributed by atoms with Crippen molar-refractivity contribution in [2.24, 2.45) is 0 Å². The lowest BCUT2D eigenvalue weighted by molar-refractivity contribution is 0.0390. The average molecular weight is 355 g/mol. The van der Waals surface area contributed by atoms with E-state index in [-0.39, 0.29) is 0 Å². The Bertz CT molecular complexity index is 542. The lowest BCUT2D eigenvalue weighted by Crippen LogP contribution is -2.55. The molecular weight excluding hydrogens is 316 g/mol. The van der Waals surface area contributed by atoms with Crippen molar-refractivity contribution in [3.05, 3.63) is 71.8 Å². The second kappa shape index (κ2) is 11.9. The smallest absolute Gasteiger partial charge is 0.0605 e. The van der Waals surface area contributed by atoms with Crippen LogP contribution >= 0.6 is 0 Å². The van der Waals surface area contributed by atoms with Gasteiger partial charge in [-0.15, -0.1) is 0 Å². The summed E-state index contributed by atoms with van der Waals surface area (Å²) in [6.07, 6.45) is 0. The van der Waals surface area contributed by atoms with Crippen molar-refractivity contribution in [1.29, 1.82) is 0 Å². The first kappa shape index (κ1) is 22.4. The molecule has 1 saturated heterocycles. The standard InChI is InChI=1S/C20H26N2.2C2H6/c1-16-15-22(17(2)14-21(16)3)20(18-10-6-4-7-11-18)19-12-8-5-9-13-19;2*1-2/h4-13,16-17,20H,14-15H2,1-3H3;2*1-2H3/t16-,17+;;/m1../s1. The van der Waals surface area contributed by atoms with E-state index in [1.54, 1.807) is 0 Å². The highest BCUT2D eigenvalue weighted by atomic mass is 15.3. The summed E-state index contributed by atoms with van der Waals surface area (Å²) in [5, 5.41) is 0. The molecule has 144 valence electrons. The maximum atomic E-state index is 2.66. The molecule has 0 N–H and O–H groups in total. The summed E-state index contributed by atoms with van der Waals surface area (Å²) in [4.78, 5) is 5.13. The molecule has 0 aromatic heterocycles. The van der Waals surface area contributed by atoms with Crippen molar-refractivity contribution < 1.29 is 0 Å². The number of hydrogen-bond donors (Lipinski definition) is 0. The van der Waals surface area contributed by atoms with Gasteiger partial charge in [0.2, 0.25) is 0 Å². The van der Waals surface area contributed by atoms with Crippen LogP contribution in [0.15, 0.2) is 60.7 Å². The zero-order chi connectivity index (χ0) is 19.5. The zero-order valence-corrected chi connectivity index (χ0v) is 17.8. The van der Waals surface area contributed by atoms with Gasteiger partial charge >= 0.3 is 0 Å². The van der Waals surface area contributed by atoms with Gasteiger partial charge in [-0.3, -0.25) is 4.90 Å². The number of hydrogen-bond acceptors (Lipinski definition) is 2. The van der Waals surface area contributed by atoms with E-state index < -0.39 is 0 Å². The van der Waals surface area contributed by atoms with E-state index in [4.69, 9.17) is 0 Å². The Hall–Kier alpha value is -1.64.